The quantitative estimate of drug-likeness (QED) is 0.796. The van der Waals surface area contributed by atoms with Crippen molar-refractivity contribution in [1.82, 2.24) is 0 Å². The molecule has 0 aromatic heterocycles. The standard InChI is InChI=1S/C19H19F2NO5/c1-24-14-6-4-13(11-17(14)27-19(20)21)22-18(23)7-3-12-2-5-15-16(10-12)26-9-8-25-15/h2,4-6,10-11,19H,3,7-9H2,1H3,(H,22,23). The van der Waals surface area contributed by atoms with E-state index in [0.29, 0.717) is 36.8 Å². The number of aryl methyl sites for hydroxylation is 1. The van der Waals surface area contributed by atoms with Gasteiger partial charge in [-0.05, 0) is 36.2 Å². The molecule has 0 aliphatic carbocycles. The molecule has 0 atom stereocenters. The maximum absolute atomic E-state index is 12.5. The van der Waals surface area contributed by atoms with Crippen LogP contribution in [0.5, 0.6) is 23.0 Å². The first-order valence-corrected chi connectivity index (χ1v) is 8.36. The first-order valence-electron chi connectivity index (χ1n) is 8.36. The second-order valence-electron chi connectivity index (χ2n) is 5.77. The Kier molecular flexibility index (Phi) is 5.95. The van der Waals surface area contributed by atoms with E-state index in [1.165, 1.54) is 19.2 Å². The lowest BCUT2D eigenvalue weighted by Crippen LogP contribution is -2.16. The number of anilines is 1. The third kappa shape index (κ3) is 4.99. The fourth-order valence-electron chi connectivity index (χ4n) is 2.67. The summed E-state index contributed by atoms with van der Waals surface area (Å²) in [5.74, 6) is 1.13. The molecule has 0 saturated carbocycles. The number of carbonyl (C=O) groups is 1. The van der Waals surface area contributed by atoms with Gasteiger partial charge in [0.25, 0.3) is 0 Å². The average molecular weight is 379 g/mol. The minimum absolute atomic E-state index is 0.142. The van der Waals surface area contributed by atoms with Crippen LogP contribution in [0.2, 0.25) is 0 Å². The number of hydrogen-bond acceptors (Lipinski definition) is 5. The SMILES string of the molecule is COc1ccc(NC(=O)CCc2ccc3c(c2)OCCO3)cc1OC(F)F. The lowest BCUT2D eigenvalue weighted by molar-refractivity contribution is -0.116. The van der Waals surface area contributed by atoms with E-state index in [1.807, 2.05) is 18.2 Å². The molecule has 0 bridgehead atoms. The van der Waals surface area contributed by atoms with Gasteiger partial charge in [-0.1, -0.05) is 6.07 Å². The van der Waals surface area contributed by atoms with Crippen molar-refractivity contribution in [1.29, 1.82) is 0 Å². The van der Waals surface area contributed by atoms with E-state index < -0.39 is 6.61 Å². The zero-order chi connectivity index (χ0) is 19.2. The summed E-state index contributed by atoms with van der Waals surface area (Å²) in [7, 11) is 1.35. The molecular formula is C19H19F2NO5. The molecule has 0 radical (unpaired) electrons. The van der Waals surface area contributed by atoms with E-state index in [4.69, 9.17) is 14.2 Å². The molecule has 1 heterocycles. The molecule has 0 unspecified atom stereocenters. The molecule has 0 spiro atoms. The number of fused-ring (bicyclic) bond motifs is 1. The summed E-state index contributed by atoms with van der Waals surface area (Å²) in [6, 6.07) is 9.85. The van der Waals surface area contributed by atoms with Crippen molar-refractivity contribution in [2.45, 2.75) is 19.5 Å². The molecule has 2 aromatic rings. The van der Waals surface area contributed by atoms with Gasteiger partial charge in [0.05, 0.1) is 7.11 Å². The molecule has 3 rings (SSSR count). The van der Waals surface area contributed by atoms with Gasteiger partial charge in [0, 0.05) is 18.2 Å². The molecule has 0 saturated heterocycles. The topological polar surface area (TPSA) is 66.0 Å². The molecule has 2 aromatic carbocycles. The Hall–Kier alpha value is -3.03. The summed E-state index contributed by atoms with van der Waals surface area (Å²) in [6.45, 7) is -1.97. The monoisotopic (exact) mass is 379 g/mol. The molecule has 1 amide bonds. The van der Waals surface area contributed by atoms with E-state index in [-0.39, 0.29) is 23.8 Å². The number of rotatable bonds is 7. The van der Waals surface area contributed by atoms with Crippen molar-refractivity contribution in [3.63, 3.8) is 0 Å². The Bertz CT molecular complexity index is 813. The number of amides is 1. The highest BCUT2D eigenvalue weighted by Crippen LogP contribution is 2.32. The van der Waals surface area contributed by atoms with Crippen LogP contribution in [0.4, 0.5) is 14.5 Å². The van der Waals surface area contributed by atoms with E-state index >= 15 is 0 Å². The zero-order valence-corrected chi connectivity index (χ0v) is 14.7. The van der Waals surface area contributed by atoms with Gasteiger partial charge >= 0.3 is 6.61 Å². The molecule has 27 heavy (non-hydrogen) atoms. The molecule has 1 aliphatic heterocycles. The van der Waals surface area contributed by atoms with Crippen molar-refractivity contribution in [3.8, 4) is 23.0 Å². The Morgan fingerprint density at radius 2 is 1.89 bits per heavy atom. The first kappa shape index (κ1) is 18.8. The summed E-state index contributed by atoms with van der Waals surface area (Å²) >= 11 is 0. The lowest BCUT2D eigenvalue weighted by Gasteiger charge is -2.18. The molecule has 1 aliphatic rings. The molecule has 144 valence electrons. The third-order valence-electron chi connectivity index (χ3n) is 3.91. The van der Waals surface area contributed by atoms with Crippen LogP contribution < -0.4 is 24.3 Å². The van der Waals surface area contributed by atoms with Gasteiger partial charge in [-0.3, -0.25) is 4.79 Å². The number of methoxy groups -OCH3 is 1. The molecule has 0 fully saturated rings. The van der Waals surface area contributed by atoms with Crippen molar-refractivity contribution >= 4 is 11.6 Å². The Morgan fingerprint density at radius 1 is 1.11 bits per heavy atom. The van der Waals surface area contributed by atoms with Crippen molar-refractivity contribution < 1.29 is 32.5 Å². The largest absolute Gasteiger partial charge is 0.493 e. The number of hydrogen-bond donors (Lipinski definition) is 1. The van der Waals surface area contributed by atoms with E-state index in [1.54, 1.807) is 6.07 Å². The average Bonchev–Trinajstić information content (AvgIpc) is 2.66. The van der Waals surface area contributed by atoms with E-state index in [9.17, 15) is 13.6 Å². The molecular weight excluding hydrogens is 360 g/mol. The number of carbonyl (C=O) groups excluding carboxylic acids is 1. The predicted molar refractivity (Wildman–Crippen MR) is 94.0 cm³/mol. The second kappa shape index (κ2) is 8.57. The van der Waals surface area contributed by atoms with Gasteiger partial charge in [-0.2, -0.15) is 8.78 Å². The Labute approximate surface area is 155 Å². The van der Waals surface area contributed by atoms with Crippen molar-refractivity contribution in [2.24, 2.45) is 0 Å². The summed E-state index contributed by atoms with van der Waals surface area (Å²) in [4.78, 5) is 12.2. The predicted octanol–water partition coefficient (Wildman–Crippen LogP) is 3.64. The van der Waals surface area contributed by atoms with E-state index in [0.717, 1.165) is 5.56 Å². The highest BCUT2D eigenvalue weighted by molar-refractivity contribution is 5.91. The minimum Gasteiger partial charge on any atom is -0.493 e. The molecule has 6 nitrogen and oxygen atoms in total. The van der Waals surface area contributed by atoms with Gasteiger partial charge in [-0.15, -0.1) is 0 Å². The second-order valence-corrected chi connectivity index (χ2v) is 5.77. The highest BCUT2D eigenvalue weighted by atomic mass is 19.3. The molecule has 1 N–H and O–H groups in total. The number of ether oxygens (including phenoxy) is 4. The highest BCUT2D eigenvalue weighted by Gasteiger charge is 2.14. The fraction of sp³-hybridized carbons (Fsp3) is 0.316. The minimum atomic E-state index is -2.99. The van der Waals surface area contributed by atoms with Crippen LogP contribution in [-0.2, 0) is 11.2 Å². The summed E-state index contributed by atoms with van der Waals surface area (Å²) in [5, 5.41) is 2.66. The van der Waals surface area contributed by atoms with Gasteiger partial charge in [0.1, 0.15) is 13.2 Å². The summed E-state index contributed by atoms with van der Waals surface area (Å²) < 4.78 is 45.3. The van der Waals surface area contributed by atoms with E-state index in [2.05, 4.69) is 10.1 Å². The number of benzene rings is 2. The van der Waals surface area contributed by atoms with Crippen molar-refractivity contribution in [3.05, 3.63) is 42.0 Å². The zero-order valence-electron chi connectivity index (χ0n) is 14.7. The van der Waals surface area contributed by atoms with Gasteiger partial charge in [-0.25, -0.2) is 0 Å². The normalized spacial score (nSPS) is 12.6. The van der Waals surface area contributed by atoms with Crippen molar-refractivity contribution in [2.75, 3.05) is 25.6 Å². The van der Waals surface area contributed by atoms with Gasteiger partial charge in [0.15, 0.2) is 23.0 Å². The third-order valence-corrected chi connectivity index (χ3v) is 3.91. The van der Waals surface area contributed by atoms with Crippen LogP contribution in [0.15, 0.2) is 36.4 Å². The lowest BCUT2D eigenvalue weighted by atomic mass is 10.1. The summed E-state index contributed by atoms with van der Waals surface area (Å²) in [5.41, 5.74) is 1.28. The fourth-order valence-corrected chi connectivity index (χ4v) is 2.67. The van der Waals surface area contributed by atoms with Gasteiger partial charge in [0.2, 0.25) is 5.91 Å². The maximum Gasteiger partial charge on any atom is 0.387 e. The Balaban J connectivity index is 1.59. The van der Waals surface area contributed by atoms with Crippen LogP contribution in [0.3, 0.4) is 0 Å². The van der Waals surface area contributed by atoms with Crippen LogP contribution in [0.25, 0.3) is 0 Å². The van der Waals surface area contributed by atoms with Crippen LogP contribution >= 0.6 is 0 Å². The number of alkyl halides is 2. The van der Waals surface area contributed by atoms with Crippen LogP contribution in [0.1, 0.15) is 12.0 Å². The maximum atomic E-state index is 12.5. The smallest absolute Gasteiger partial charge is 0.387 e. The summed E-state index contributed by atoms with van der Waals surface area (Å²) in [6.07, 6.45) is 0.718. The molecule has 8 heteroatoms. The van der Waals surface area contributed by atoms with Crippen LogP contribution in [-0.4, -0.2) is 32.8 Å². The number of nitrogens with one attached hydrogen (secondary N) is 1. The first-order chi connectivity index (χ1) is 13.0. The van der Waals surface area contributed by atoms with Crippen LogP contribution in [0, 0.1) is 0 Å². The van der Waals surface area contributed by atoms with Gasteiger partial charge < -0.3 is 24.3 Å². The number of halogens is 2. The Morgan fingerprint density at radius 3 is 2.63 bits per heavy atom.